The summed E-state index contributed by atoms with van der Waals surface area (Å²) in [6.07, 6.45) is 0. The summed E-state index contributed by atoms with van der Waals surface area (Å²) >= 11 is 3.19. The highest BCUT2D eigenvalue weighted by molar-refractivity contribution is 9.10. The average molecular weight is 516 g/mol. The quantitative estimate of drug-likeness (QED) is 0.235. The molecule has 2 N–H and O–H groups in total. The number of hydrogen-bond acceptors (Lipinski definition) is 4. The van der Waals surface area contributed by atoms with Gasteiger partial charge >= 0.3 is 0 Å². The molecule has 1 aromatic heterocycles. The number of benzene rings is 3. The van der Waals surface area contributed by atoms with Gasteiger partial charge in [0.1, 0.15) is 0 Å². The van der Waals surface area contributed by atoms with Crippen molar-refractivity contribution in [2.75, 3.05) is 5.32 Å². The molecule has 4 rings (SSSR count). The summed E-state index contributed by atoms with van der Waals surface area (Å²) in [5, 5.41) is 7.12. The lowest BCUT2D eigenvalue weighted by Crippen LogP contribution is -2.27. The molecule has 6 nitrogen and oxygen atoms in total. The summed E-state index contributed by atoms with van der Waals surface area (Å²) in [6, 6.07) is 29.7. The number of halogens is 1. The maximum absolute atomic E-state index is 13.2. The second-order valence-corrected chi connectivity index (χ2v) is 8.35. The van der Waals surface area contributed by atoms with Crippen molar-refractivity contribution in [1.82, 2.24) is 5.43 Å². The third kappa shape index (κ3) is 5.68. The Morgan fingerprint density at radius 2 is 1.50 bits per heavy atom. The summed E-state index contributed by atoms with van der Waals surface area (Å²) in [5.41, 5.74) is 6.42. The van der Waals surface area contributed by atoms with Gasteiger partial charge in [-0.25, -0.2) is 5.43 Å². The lowest BCUT2D eigenvalue weighted by atomic mass is 9.91. The van der Waals surface area contributed by atoms with E-state index in [4.69, 9.17) is 4.42 Å². The molecule has 0 saturated heterocycles. The summed E-state index contributed by atoms with van der Waals surface area (Å²) in [7, 11) is 0. The molecule has 1 heterocycles. The van der Waals surface area contributed by atoms with Crippen LogP contribution in [0.1, 0.15) is 40.1 Å². The monoisotopic (exact) mass is 515 g/mol. The number of hydrogen-bond donors (Lipinski definition) is 2. The van der Waals surface area contributed by atoms with E-state index in [1.165, 1.54) is 0 Å². The maximum atomic E-state index is 13.2. The van der Waals surface area contributed by atoms with E-state index in [0.29, 0.717) is 16.1 Å². The lowest BCUT2D eigenvalue weighted by molar-refractivity contribution is -0.121. The van der Waals surface area contributed by atoms with Crippen LogP contribution in [0, 0.1) is 0 Å². The normalized spacial score (nSPS) is 11.3. The first-order valence-electron chi connectivity index (χ1n) is 10.6. The second-order valence-electron chi connectivity index (χ2n) is 7.57. The number of rotatable bonds is 7. The molecule has 0 aliphatic rings. The van der Waals surface area contributed by atoms with E-state index in [-0.39, 0.29) is 17.6 Å². The van der Waals surface area contributed by atoms with Crippen LogP contribution in [0.25, 0.3) is 0 Å². The van der Waals surface area contributed by atoms with Crippen LogP contribution >= 0.6 is 15.9 Å². The van der Waals surface area contributed by atoms with Gasteiger partial charge in [0.2, 0.25) is 0 Å². The van der Waals surface area contributed by atoms with Gasteiger partial charge in [-0.3, -0.25) is 9.59 Å². The van der Waals surface area contributed by atoms with E-state index in [0.717, 1.165) is 16.7 Å². The van der Waals surface area contributed by atoms with Gasteiger partial charge < -0.3 is 9.73 Å². The number of carbonyl (C=O) groups is 2. The lowest BCUT2D eigenvalue weighted by Gasteiger charge is -2.16. The van der Waals surface area contributed by atoms with Gasteiger partial charge in [0, 0.05) is 5.69 Å². The van der Waals surface area contributed by atoms with Crippen molar-refractivity contribution in [1.29, 1.82) is 0 Å². The molecule has 0 spiro atoms. The van der Waals surface area contributed by atoms with Crippen LogP contribution in [0.4, 0.5) is 5.69 Å². The first-order chi connectivity index (χ1) is 16.5. The highest BCUT2D eigenvalue weighted by Crippen LogP contribution is 2.25. The molecule has 0 atom stereocenters. The molecular formula is C27H22BrN3O3. The topological polar surface area (TPSA) is 83.7 Å². The number of nitrogens with one attached hydrogen (secondary N) is 2. The zero-order valence-corrected chi connectivity index (χ0v) is 20.0. The predicted octanol–water partition coefficient (Wildman–Crippen LogP) is 5.97. The van der Waals surface area contributed by atoms with Crippen molar-refractivity contribution in [3.63, 3.8) is 0 Å². The van der Waals surface area contributed by atoms with Crippen molar-refractivity contribution in [3.8, 4) is 0 Å². The molecule has 170 valence electrons. The smallest absolute Gasteiger partial charge is 0.291 e. The summed E-state index contributed by atoms with van der Waals surface area (Å²) < 4.78 is 5.77. The molecular weight excluding hydrogens is 494 g/mol. The van der Waals surface area contributed by atoms with Crippen LogP contribution in [0.3, 0.4) is 0 Å². The van der Waals surface area contributed by atoms with Gasteiger partial charge in [0.05, 0.1) is 11.6 Å². The Hall–Kier alpha value is -3.97. The zero-order chi connectivity index (χ0) is 23.9. The van der Waals surface area contributed by atoms with Gasteiger partial charge in [0.25, 0.3) is 11.8 Å². The van der Waals surface area contributed by atoms with Gasteiger partial charge in [-0.05, 0) is 63.8 Å². The van der Waals surface area contributed by atoms with Crippen molar-refractivity contribution in [2.24, 2.45) is 5.10 Å². The van der Waals surface area contributed by atoms with Gasteiger partial charge in [-0.1, -0.05) is 72.8 Å². The number of hydrazone groups is 1. The first-order valence-corrected chi connectivity index (χ1v) is 11.4. The van der Waals surface area contributed by atoms with E-state index < -0.39 is 5.92 Å². The van der Waals surface area contributed by atoms with Crippen LogP contribution in [-0.2, 0) is 4.79 Å². The molecule has 0 aliphatic carbocycles. The minimum atomic E-state index is -0.489. The van der Waals surface area contributed by atoms with E-state index >= 15 is 0 Å². The average Bonchev–Trinajstić information content (AvgIpc) is 3.31. The van der Waals surface area contributed by atoms with Crippen LogP contribution in [0.15, 0.2) is 111 Å². The molecule has 0 radical (unpaired) electrons. The molecule has 7 heteroatoms. The van der Waals surface area contributed by atoms with Crippen LogP contribution < -0.4 is 10.7 Å². The van der Waals surface area contributed by atoms with Crippen LogP contribution in [0.5, 0.6) is 0 Å². The van der Waals surface area contributed by atoms with E-state index in [9.17, 15) is 9.59 Å². The number of nitrogens with zero attached hydrogens (tertiary/aromatic N) is 1. The summed E-state index contributed by atoms with van der Waals surface area (Å²) in [4.78, 5) is 25.5. The van der Waals surface area contributed by atoms with Crippen LogP contribution in [0.2, 0.25) is 0 Å². The molecule has 3 aromatic carbocycles. The third-order valence-corrected chi connectivity index (χ3v) is 5.62. The van der Waals surface area contributed by atoms with Gasteiger partial charge in [-0.2, -0.15) is 5.10 Å². The highest BCUT2D eigenvalue weighted by Gasteiger charge is 2.22. The molecule has 34 heavy (non-hydrogen) atoms. The third-order valence-electron chi connectivity index (χ3n) is 5.20. The number of amides is 2. The molecule has 0 fully saturated rings. The molecule has 0 unspecified atom stereocenters. The second kappa shape index (κ2) is 10.8. The molecule has 0 bridgehead atoms. The Balaban J connectivity index is 1.50. The molecule has 4 aromatic rings. The first kappa shape index (κ1) is 23.2. The summed E-state index contributed by atoms with van der Waals surface area (Å²) in [5.74, 6) is -0.885. The van der Waals surface area contributed by atoms with E-state index in [1.54, 1.807) is 37.3 Å². The summed E-state index contributed by atoms with van der Waals surface area (Å²) in [6.45, 7) is 1.80. The van der Waals surface area contributed by atoms with Crippen molar-refractivity contribution in [3.05, 3.63) is 124 Å². The SMILES string of the molecule is C/C(=N\NC(=O)C(c1ccccc1)c1ccccc1)c1cccc(NC(=O)c2ccc(Br)o2)c1. The minimum Gasteiger partial charge on any atom is -0.444 e. The highest BCUT2D eigenvalue weighted by atomic mass is 79.9. The molecule has 0 aliphatic heterocycles. The zero-order valence-electron chi connectivity index (χ0n) is 18.4. The molecule has 2 amide bonds. The fourth-order valence-corrected chi connectivity index (χ4v) is 3.81. The fraction of sp³-hybridized carbons (Fsp3) is 0.0741. The van der Waals surface area contributed by atoms with Gasteiger partial charge in [0.15, 0.2) is 10.4 Å². The van der Waals surface area contributed by atoms with E-state index in [2.05, 4.69) is 31.8 Å². The number of carbonyl (C=O) groups excluding carboxylic acids is 2. The standard InChI is InChI=1S/C27H22BrN3O3/c1-18(21-13-8-14-22(17-21)29-26(32)23-15-16-24(28)34-23)30-31-27(33)25(19-9-4-2-5-10-19)20-11-6-3-7-12-20/h2-17,25H,1H3,(H,29,32)(H,31,33)/b30-18+. The Labute approximate surface area is 205 Å². The largest absolute Gasteiger partial charge is 0.444 e. The Morgan fingerprint density at radius 3 is 2.09 bits per heavy atom. The van der Waals surface area contributed by atoms with Crippen molar-refractivity contribution < 1.29 is 14.0 Å². The minimum absolute atomic E-state index is 0.197. The number of anilines is 1. The fourth-order valence-electron chi connectivity index (χ4n) is 3.51. The van der Waals surface area contributed by atoms with Gasteiger partial charge in [-0.15, -0.1) is 0 Å². The van der Waals surface area contributed by atoms with Crippen LogP contribution in [-0.4, -0.2) is 17.5 Å². The Kier molecular flexibility index (Phi) is 7.34. The van der Waals surface area contributed by atoms with Crippen molar-refractivity contribution in [2.45, 2.75) is 12.8 Å². The Morgan fingerprint density at radius 1 is 0.853 bits per heavy atom. The predicted molar refractivity (Wildman–Crippen MR) is 136 cm³/mol. The Bertz CT molecular complexity index is 1280. The van der Waals surface area contributed by atoms with E-state index in [1.807, 2.05) is 66.7 Å². The maximum Gasteiger partial charge on any atom is 0.291 e. The molecule has 0 saturated carbocycles. The number of furan rings is 1. The van der Waals surface area contributed by atoms with Crippen molar-refractivity contribution >= 4 is 39.1 Å².